The highest BCUT2D eigenvalue weighted by atomic mass is 16.5. The third kappa shape index (κ3) is 2.88. The van der Waals surface area contributed by atoms with Crippen LogP contribution in [0.5, 0.6) is 0 Å². The number of methoxy groups -OCH3 is 2. The first-order valence-corrected chi connectivity index (χ1v) is 6.79. The molecule has 20 heavy (non-hydrogen) atoms. The molecule has 0 spiro atoms. The van der Waals surface area contributed by atoms with Gasteiger partial charge in [0.05, 0.1) is 19.3 Å². The SMILES string of the molecule is COCC1CCN(c2cc(C)c(N)c(C(=O)OC)c2)C1. The lowest BCUT2D eigenvalue weighted by molar-refractivity contribution is 0.0602. The van der Waals surface area contributed by atoms with E-state index in [-0.39, 0.29) is 5.97 Å². The number of nitrogens with zero attached hydrogens (tertiary/aromatic N) is 1. The van der Waals surface area contributed by atoms with Gasteiger partial charge >= 0.3 is 5.97 Å². The fraction of sp³-hybridized carbons (Fsp3) is 0.533. The Balaban J connectivity index is 2.25. The van der Waals surface area contributed by atoms with E-state index in [0.29, 0.717) is 17.2 Å². The predicted molar refractivity (Wildman–Crippen MR) is 79.1 cm³/mol. The largest absolute Gasteiger partial charge is 0.465 e. The maximum Gasteiger partial charge on any atom is 0.340 e. The van der Waals surface area contributed by atoms with Crippen LogP contribution >= 0.6 is 0 Å². The minimum Gasteiger partial charge on any atom is -0.465 e. The first-order valence-electron chi connectivity index (χ1n) is 6.79. The predicted octanol–water partition coefficient (Wildman–Crippen LogP) is 1.84. The number of benzene rings is 1. The van der Waals surface area contributed by atoms with Crippen molar-refractivity contribution in [1.82, 2.24) is 0 Å². The normalized spacial score (nSPS) is 18.4. The quantitative estimate of drug-likeness (QED) is 0.672. The molecule has 1 fully saturated rings. The third-order valence-corrected chi connectivity index (χ3v) is 3.83. The summed E-state index contributed by atoms with van der Waals surface area (Å²) in [5.74, 6) is 0.152. The van der Waals surface area contributed by atoms with Gasteiger partial charge in [-0.2, -0.15) is 0 Å². The van der Waals surface area contributed by atoms with Gasteiger partial charge in [0.2, 0.25) is 0 Å². The summed E-state index contributed by atoms with van der Waals surface area (Å²) in [7, 11) is 3.10. The number of rotatable bonds is 4. The van der Waals surface area contributed by atoms with Crippen LogP contribution in [0.3, 0.4) is 0 Å². The number of carbonyl (C=O) groups is 1. The van der Waals surface area contributed by atoms with Gasteiger partial charge in [-0.1, -0.05) is 0 Å². The molecular weight excluding hydrogens is 256 g/mol. The van der Waals surface area contributed by atoms with Crippen LogP contribution < -0.4 is 10.6 Å². The van der Waals surface area contributed by atoms with Gasteiger partial charge in [-0.05, 0) is 31.0 Å². The van der Waals surface area contributed by atoms with Gasteiger partial charge in [-0.25, -0.2) is 4.79 Å². The highest BCUT2D eigenvalue weighted by Crippen LogP contribution is 2.29. The molecule has 1 atom stereocenters. The Kier molecular flexibility index (Phi) is 4.49. The Morgan fingerprint density at radius 2 is 2.20 bits per heavy atom. The molecule has 110 valence electrons. The van der Waals surface area contributed by atoms with E-state index in [0.717, 1.165) is 37.4 Å². The molecule has 5 heteroatoms. The number of hydrogen-bond donors (Lipinski definition) is 1. The van der Waals surface area contributed by atoms with E-state index in [1.54, 1.807) is 7.11 Å². The molecule has 1 aromatic rings. The lowest BCUT2D eigenvalue weighted by Crippen LogP contribution is -2.22. The van der Waals surface area contributed by atoms with Gasteiger partial charge in [0.25, 0.3) is 0 Å². The molecule has 1 aliphatic heterocycles. The van der Waals surface area contributed by atoms with Gasteiger partial charge in [0, 0.05) is 37.5 Å². The maximum atomic E-state index is 11.8. The minimum atomic E-state index is -0.389. The lowest BCUT2D eigenvalue weighted by atomic mass is 10.1. The number of nitrogens with two attached hydrogens (primary N) is 1. The Bertz CT molecular complexity index is 502. The Labute approximate surface area is 119 Å². The summed E-state index contributed by atoms with van der Waals surface area (Å²) in [6, 6.07) is 3.85. The van der Waals surface area contributed by atoms with Crippen LogP contribution in [0.25, 0.3) is 0 Å². The second kappa shape index (κ2) is 6.13. The van der Waals surface area contributed by atoms with Crippen molar-refractivity contribution in [2.24, 2.45) is 5.92 Å². The molecule has 2 rings (SSSR count). The molecule has 2 N–H and O–H groups in total. The molecule has 1 heterocycles. The van der Waals surface area contributed by atoms with Crippen LogP contribution in [-0.2, 0) is 9.47 Å². The molecule has 5 nitrogen and oxygen atoms in total. The summed E-state index contributed by atoms with van der Waals surface area (Å²) in [6.07, 6.45) is 1.10. The van der Waals surface area contributed by atoms with Crippen LogP contribution in [0.2, 0.25) is 0 Å². The second-order valence-corrected chi connectivity index (χ2v) is 5.27. The van der Waals surface area contributed by atoms with Crippen molar-refractivity contribution < 1.29 is 14.3 Å². The standard InChI is InChI=1S/C15H22N2O3/c1-10-6-12(7-13(14(10)16)15(18)20-3)17-5-4-11(8-17)9-19-2/h6-7,11H,4-5,8-9,16H2,1-3H3. The molecule has 0 aliphatic carbocycles. The second-order valence-electron chi connectivity index (χ2n) is 5.27. The van der Waals surface area contributed by atoms with Crippen molar-refractivity contribution in [1.29, 1.82) is 0 Å². The monoisotopic (exact) mass is 278 g/mol. The van der Waals surface area contributed by atoms with Crippen LogP contribution in [0.1, 0.15) is 22.3 Å². The summed E-state index contributed by atoms with van der Waals surface area (Å²) in [5.41, 5.74) is 8.82. The molecule has 0 amide bonds. The fourth-order valence-corrected chi connectivity index (χ4v) is 2.68. The molecule has 1 saturated heterocycles. The first-order chi connectivity index (χ1) is 9.56. The summed E-state index contributed by atoms with van der Waals surface area (Å²) >= 11 is 0. The summed E-state index contributed by atoms with van der Waals surface area (Å²) in [4.78, 5) is 14.0. The van der Waals surface area contributed by atoms with Crippen molar-refractivity contribution in [2.45, 2.75) is 13.3 Å². The number of hydrogen-bond acceptors (Lipinski definition) is 5. The minimum absolute atomic E-state index is 0.389. The summed E-state index contributed by atoms with van der Waals surface area (Å²) in [6.45, 7) is 4.60. The van der Waals surface area contributed by atoms with Crippen molar-refractivity contribution >= 4 is 17.3 Å². The van der Waals surface area contributed by atoms with Crippen molar-refractivity contribution in [2.75, 3.05) is 44.5 Å². The topological polar surface area (TPSA) is 64.8 Å². The highest BCUT2D eigenvalue weighted by Gasteiger charge is 2.24. The average Bonchev–Trinajstić information content (AvgIpc) is 2.90. The van der Waals surface area contributed by atoms with Crippen LogP contribution in [0.15, 0.2) is 12.1 Å². The number of anilines is 2. The number of aryl methyl sites for hydroxylation is 1. The van der Waals surface area contributed by atoms with Gasteiger partial charge in [-0.15, -0.1) is 0 Å². The van der Waals surface area contributed by atoms with E-state index >= 15 is 0 Å². The number of esters is 1. The molecule has 0 radical (unpaired) electrons. The molecule has 1 aliphatic rings. The zero-order valence-electron chi connectivity index (χ0n) is 12.3. The number of carbonyl (C=O) groups excluding carboxylic acids is 1. The number of ether oxygens (including phenoxy) is 2. The maximum absolute atomic E-state index is 11.8. The first kappa shape index (κ1) is 14.7. The molecule has 0 saturated carbocycles. The Morgan fingerprint density at radius 1 is 1.45 bits per heavy atom. The Morgan fingerprint density at radius 3 is 2.85 bits per heavy atom. The van der Waals surface area contributed by atoms with Gasteiger partial charge < -0.3 is 20.1 Å². The molecule has 0 bridgehead atoms. The lowest BCUT2D eigenvalue weighted by Gasteiger charge is -2.21. The van der Waals surface area contributed by atoms with E-state index in [1.165, 1.54) is 7.11 Å². The van der Waals surface area contributed by atoms with Gasteiger partial charge in [0.1, 0.15) is 0 Å². The molecule has 0 aromatic heterocycles. The van der Waals surface area contributed by atoms with Gasteiger partial charge in [-0.3, -0.25) is 0 Å². The highest BCUT2D eigenvalue weighted by molar-refractivity contribution is 5.97. The zero-order chi connectivity index (χ0) is 14.7. The molecule has 1 unspecified atom stereocenters. The van der Waals surface area contributed by atoms with E-state index in [1.807, 2.05) is 19.1 Å². The average molecular weight is 278 g/mol. The molecule has 1 aromatic carbocycles. The van der Waals surface area contributed by atoms with Gasteiger partial charge in [0.15, 0.2) is 0 Å². The summed E-state index contributed by atoms with van der Waals surface area (Å²) < 4.78 is 10.0. The van der Waals surface area contributed by atoms with E-state index in [4.69, 9.17) is 15.2 Å². The fourth-order valence-electron chi connectivity index (χ4n) is 2.68. The van der Waals surface area contributed by atoms with Crippen molar-refractivity contribution in [3.8, 4) is 0 Å². The molecular formula is C15H22N2O3. The zero-order valence-corrected chi connectivity index (χ0v) is 12.3. The van der Waals surface area contributed by atoms with E-state index in [2.05, 4.69) is 4.90 Å². The Hall–Kier alpha value is -1.75. The van der Waals surface area contributed by atoms with Crippen LogP contribution in [0, 0.1) is 12.8 Å². The smallest absolute Gasteiger partial charge is 0.340 e. The van der Waals surface area contributed by atoms with Crippen LogP contribution in [-0.4, -0.2) is 39.9 Å². The summed E-state index contributed by atoms with van der Waals surface area (Å²) in [5, 5.41) is 0. The van der Waals surface area contributed by atoms with Crippen molar-refractivity contribution in [3.05, 3.63) is 23.3 Å². The van der Waals surface area contributed by atoms with E-state index < -0.39 is 0 Å². The number of nitrogen functional groups attached to an aromatic ring is 1. The third-order valence-electron chi connectivity index (χ3n) is 3.83. The van der Waals surface area contributed by atoms with E-state index in [9.17, 15) is 4.79 Å². The van der Waals surface area contributed by atoms with Crippen LogP contribution in [0.4, 0.5) is 11.4 Å². The van der Waals surface area contributed by atoms with Crippen molar-refractivity contribution in [3.63, 3.8) is 0 Å².